The van der Waals surface area contributed by atoms with Crippen LogP contribution in [-0.4, -0.2) is 5.11 Å². The zero-order chi connectivity index (χ0) is 10.8. The lowest BCUT2D eigenvalue weighted by atomic mass is 10.1. The lowest BCUT2D eigenvalue weighted by Gasteiger charge is -2.05. The highest BCUT2D eigenvalue weighted by atomic mass is 35.5. The number of aromatic hydroxyl groups is 1. The molecular formula is C12H7Cl2O. The molecule has 0 unspecified atom stereocenters. The molecule has 0 aliphatic rings. The Balaban J connectivity index is 2.59. The second-order valence-corrected chi connectivity index (χ2v) is 3.87. The first-order chi connectivity index (χ1) is 7.18. The minimum Gasteiger partial charge on any atom is -0.508 e. The minimum atomic E-state index is 0.156. The molecule has 1 nitrogen and oxygen atoms in total. The SMILES string of the molecule is Oc1c[c]cc(-c2cccc(Cl)c2Cl)c1. The lowest BCUT2D eigenvalue weighted by molar-refractivity contribution is 0.475. The Hall–Kier alpha value is -1.18. The minimum absolute atomic E-state index is 0.156. The quantitative estimate of drug-likeness (QED) is 0.790. The summed E-state index contributed by atoms with van der Waals surface area (Å²) in [7, 11) is 0. The van der Waals surface area contributed by atoms with Crippen LogP contribution in [0, 0.1) is 6.07 Å². The molecule has 0 fully saturated rings. The summed E-state index contributed by atoms with van der Waals surface area (Å²) in [4.78, 5) is 0. The highest BCUT2D eigenvalue weighted by molar-refractivity contribution is 6.43. The Morgan fingerprint density at radius 2 is 1.93 bits per heavy atom. The van der Waals surface area contributed by atoms with Crippen LogP contribution in [0.25, 0.3) is 11.1 Å². The van der Waals surface area contributed by atoms with Crippen LogP contribution >= 0.6 is 23.2 Å². The van der Waals surface area contributed by atoms with Crippen LogP contribution in [0.1, 0.15) is 0 Å². The van der Waals surface area contributed by atoms with Crippen molar-refractivity contribution >= 4 is 23.2 Å². The fourth-order valence-electron chi connectivity index (χ4n) is 1.34. The van der Waals surface area contributed by atoms with Gasteiger partial charge in [0, 0.05) is 5.56 Å². The number of hydrogen-bond donors (Lipinski definition) is 1. The molecule has 0 aliphatic carbocycles. The second-order valence-electron chi connectivity index (χ2n) is 3.08. The van der Waals surface area contributed by atoms with E-state index in [4.69, 9.17) is 23.2 Å². The van der Waals surface area contributed by atoms with E-state index in [0.717, 1.165) is 11.1 Å². The van der Waals surface area contributed by atoms with E-state index < -0.39 is 0 Å². The third kappa shape index (κ3) is 2.09. The van der Waals surface area contributed by atoms with Crippen LogP contribution in [0.15, 0.2) is 36.4 Å². The first kappa shape index (κ1) is 10.3. The van der Waals surface area contributed by atoms with Gasteiger partial charge < -0.3 is 5.11 Å². The van der Waals surface area contributed by atoms with Gasteiger partial charge in [-0.15, -0.1) is 0 Å². The number of phenols is 1. The topological polar surface area (TPSA) is 20.2 Å². The molecule has 0 aliphatic heterocycles. The predicted octanol–water partition coefficient (Wildman–Crippen LogP) is 4.17. The van der Waals surface area contributed by atoms with Crippen molar-refractivity contribution in [3.05, 3.63) is 52.5 Å². The zero-order valence-electron chi connectivity index (χ0n) is 7.67. The maximum atomic E-state index is 9.33. The predicted molar refractivity (Wildman–Crippen MR) is 62.4 cm³/mol. The standard InChI is InChI=1S/C12H7Cl2O/c13-11-6-2-5-10(12(11)14)8-3-1-4-9(15)7-8/h2-7,15H. The van der Waals surface area contributed by atoms with E-state index >= 15 is 0 Å². The van der Waals surface area contributed by atoms with Crippen LogP contribution in [0.2, 0.25) is 10.0 Å². The van der Waals surface area contributed by atoms with Crippen molar-refractivity contribution in [3.8, 4) is 16.9 Å². The van der Waals surface area contributed by atoms with E-state index in [1.54, 1.807) is 18.2 Å². The van der Waals surface area contributed by atoms with Crippen LogP contribution in [0.4, 0.5) is 0 Å². The van der Waals surface area contributed by atoms with Crippen LogP contribution in [0.3, 0.4) is 0 Å². The summed E-state index contributed by atoms with van der Waals surface area (Å²) in [6, 6.07) is 13.1. The summed E-state index contributed by atoms with van der Waals surface area (Å²) < 4.78 is 0. The summed E-state index contributed by atoms with van der Waals surface area (Å²) in [5, 5.41) is 10.3. The number of benzene rings is 2. The molecule has 0 aromatic heterocycles. The number of halogens is 2. The molecular weight excluding hydrogens is 231 g/mol. The van der Waals surface area contributed by atoms with Gasteiger partial charge in [0.05, 0.1) is 10.0 Å². The normalized spacial score (nSPS) is 10.3. The third-order valence-corrected chi connectivity index (χ3v) is 2.85. The van der Waals surface area contributed by atoms with Gasteiger partial charge in [0.25, 0.3) is 0 Å². The Bertz CT molecular complexity index is 495. The third-order valence-electron chi connectivity index (χ3n) is 2.04. The van der Waals surface area contributed by atoms with E-state index in [2.05, 4.69) is 6.07 Å². The zero-order valence-corrected chi connectivity index (χ0v) is 9.18. The summed E-state index contributed by atoms with van der Waals surface area (Å²) in [6.07, 6.45) is 0. The first-order valence-electron chi connectivity index (χ1n) is 4.33. The highest BCUT2D eigenvalue weighted by Gasteiger charge is 2.06. The molecule has 15 heavy (non-hydrogen) atoms. The van der Waals surface area contributed by atoms with Crippen LogP contribution in [-0.2, 0) is 0 Å². The Labute approximate surface area is 97.9 Å². The monoisotopic (exact) mass is 237 g/mol. The van der Waals surface area contributed by atoms with E-state index in [0.29, 0.717) is 10.0 Å². The van der Waals surface area contributed by atoms with Crippen molar-refractivity contribution in [2.45, 2.75) is 0 Å². The maximum absolute atomic E-state index is 9.33. The van der Waals surface area contributed by atoms with Gasteiger partial charge >= 0.3 is 0 Å². The smallest absolute Gasteiger partial charge is 0.116 e. The molecule has 0 bridgehead atoms. The van der Waals surface area contributed by atoms with Crippen molar-refractivity contribution in [1.82, 2.24) is 0 Å². The van der Waals surface area contributed by atoms with Gasteiger partial charge in [-0.3, -0.25) is 0 Å². The fraction of sp³-hybridized carbons (Fsp3) is 0. The highest BCUT2D eigenvalue weighted by Crippen LogP contribution is 2.34. The van der Waals surface area contributed by atoms with Gasteiger partial charge in [0.2, 0.25) is 0 Å². The Morgan fingerprint density at radius 1 is 1.13 bits per heavy atom. The molecule has 2 rings (SSSR count). The van der Waals surface area contributed by atoms with Crippen molar-refractivity contribution < 1.29 is 5.11 Å². The van der Waals surface area contributed by atoms with E-state index in [-0.39, 0.29) is 5.75 Å². The Morgan fingerprint density at radius 3 is 2.67 bits per heavy atom. The largest absolute Gasteiger partial charge is 0.508 e. The average molecular weight is 238 g/mol. The number of hydrogen-bond acceptors (Lipinski definition) is 1. The van der Waals surface area contributed by atoms with Crippen LogP contribution < -0.4 is 0 Å². The van der Waals surface area contributed by atoms with E-state index in [9.17, 15) is 5.11 Å². The van der Waals surface area contributed by atoms with Gasteiger partial charge in [-0.2, -0.15) is 0 Å². The van der Waals surface area contributed by atoms with E-state index in [1.807, 2.05) is 12.1 Å². The van der Waals surface area contributed by atoms with Gasteiger partial charge in [-0.05, 0) is 35.9 Å². The van der Waals surface area contributed by atoms with Crippen molar-refractivity contribution in [2.24, 2.45) is 0 Å². The molecule has 0 atom stereocenters. The van der Waals surface area contributed by atoms with Gasteiger partial charge in [0.1, 0.15) is 5.75 Å². The molecule has 2 aromatic rings. The van der Waals surface area contributed by atoms with Gasteiger partial charge in [-0.1, -0.05) is 35.3 Å². The number of phenolic OH excluding ortho intramolecular Hbond substituents is 1. The fourth-order valence-corrected chi connectivity index (χ4v) is 1.75. The Kier molecular flexibility index (Phi) is 2.85. The van der Waals surface area contributed by atoms with Crippen molar-refractivity contribution in [1.29, 1.82) is 0 Å². The molecule has 0 saturated carbocycles. The van der Waals surface area contributed by atoms with Crippen molar-refractivity contribution in [2.75, 3.05) is 0 Å². The van der Waals surface area contributed by atoms with Gasteiger partial charge in [-0.25, -0.2) is 0 Å². The summed E-state index contributed by atoms with van der Waals surface area (Å²) in [5.41, 5.74) is 1.58. The van der Waals surface area contributed by atoms with Crippen molar-refractivity contribution in [3.63, 3.8) is 0 Å². The summed E-state index contributed by atoms with van der Waals surface area (Å²) in [6.45, 7) is 0. The van der Waals surface area contributed by atoms with E-state index in [1.165, 1.54) is 6.07 Å². The molecule has 0 saturated heterocycles. The van der Waals surface area contributed by atoms with Gasteiger partial charge in [0.15, 0.2) is 0 Å². The summed E-state index contributed by atoms with van der Waals surface area (Å²) in [5.74, 6) is 0.156. The lowest BCUT2D eigenvalue weighted by Crippen LogP contribution is -1.80. The first-order valence-corrected chi connectivity index (χ1v) is 5.08. The molecule has 75 valence electrons. The second kappa shape index (κ2) is 4.13. The van der Waals surface area contributed by atoms with Crippen LogP contribution in [0.5, 0.6) is 5.75 Å². The molecule has 0 amide bonds. The molecule has 0 heterocycles. The number of rotatable bonds is 1. The average Bonchev–Trinajstić information content (AvgIpc) is 2.22. The molecule has 2 aromatic carbocycles. The maximum Gasteiger partial charge on any atom is 0.116 e. The summed E-state index contributed by atoms with van der Waals surface area (Å²) >= 11 is 12.0. The molecule has 0 spiro atoms. The molecule has 1 radical (unpaired) electrons. The molecule has 1 N–H and O–H groups in total. The molecule has 3 heteroatoms.